The van der Waals surface area contributed by atoms with Crippen molar-refractivity contribution < 1.29 is 26.3 Å². The van der Waals surface area contributed by atoms with Crippen LogP contribution < -0.4 is 5.32 Å². The number of hydrogen-bond donors (Lipinski definition) is 1. The highest BCUT2D eigenvalue weighted by Crippen LogP contribution is 2.59. The van der Waals surface area contributed by atoms with Gasteiger partial charge in [0.05, 0.1) is 5.38 Å². The lowest BCUT2D eigenvalue weighted by molar-refractivity contribution is -0.318. The Hall–Kier alpha value is 0.310. The molecule has 0 amide bonds. The van der Waals surface area contributed by atoms with Gasteiger partial charge < -0.3 is 0 Å². The van der Waals surface area contributed by atoms with Gasteiger partial charge in [-0.05, 0) is 6.42 Å². The quantitative estimate of drug-likeness (QED) is 0.525. The molecule has 2 aliphatic rings. The van der Waals surface area contributed by atoms with Gasteiger partial charge in [0.1, 0.15) is 0 Å². The van der Waals surface area contributed by atoms with Crippen molar-refractivity contribution in [1.29, 1.82) is 0 Å². The summed E-state index contributed by atoms with van der Waals surface area (Å²) in [5.74, 6) is -1.63. The van der Waals surface area contributed by atoms with Gasteiger partial charge in [0.15, 0.2) is 0 Å². The van der Waals surface area contributed by atoms with Crippen LogP contribution >= 0.6 is 27.5 Å². The number of rotatable bonds is 0. The maximum absolute atomic E-state index is 12.8. The highest BCUT2D eigenvalue weighted by molar-refractivity contribution is 9.09. The highest BCUT2D eigenvalue weighted by atomic mass is 79.9. The lowest BCUT2D eigenvalue weighted by atomic mass is 9.82. The van der Waals surface area contributed by atoms with Crippen molar-refractivity contribution in [2.75, 3.05) is 0 Å². The Morgan fingerprint density at radius 3 is 1.82 bits per heavy atom. The van der Waals surface area contributed by atoms with Crippen molar-refractivity contribution in [3.8, 4) is 0 Å². The summed E-state index contributed by atoms with van der Waals surface area (Å²) in [6.45, 7) is 0. The summed E-state index contributed by atoms with van der Waals surface area (Å²) in [4.78, 5) is -0.923. The van der Waals surface area contributed by atoms with E-state index in [1.165, 1.54) is 0 Å². The Labute approximate surface area is 106 Å². The molecule has 9 heteroatoms. The van der Waals surface area contributed by atoms with Crippen molar-refractivity contribution in [3.63, 3.8) is 0 Å². The van der Waals surface area contributed by atoms with E-state index in [4.69, 9.17) is 11.6 Å². The first-order chi connectivity index (χ1) is 7.52. The molecule has 1 N–H and O–H groups in total. The van der Waals surface area contributed by atoms with Crippen molar-refractivity contribution in [2.45, 2.75) is 40.6 Å². The van der Waals surface area contributed by atoms with E-state index in [1.807, 2.05) is 0 Å². The number of nitrogens with one attached hydrogen (secondary N) is 1. The summed E-state index contributed by atoms with van der Waals surface area (Å²) in [6, 6.07) is -1.02. The summed E-state index contributed by atoms with van der Waals surface area (Å²) in [5, 5.41) is 0.934. The van der Waals surface area contributed by atoms with E-state index in [2.05, 4.69) is 15.9 Å². The molecule has 4 atom stereocenters. The molecule has 1 saturated heterocycles. The van der Waals surface area contributed by atoms with Crippen molar-refractivity contribution in [3.05, 3.63) is 0 Å². The summed E-state index contributed by atoms with van der Waals surface area (Å²) in [5.41, 5.74) is -3.84. The first-order valence-electron chi connectivity index (χ1n) is 4.71. The molecule has 0 aromatic rings. The molecule has 0 unspecified atom stereocenters. The third-order valence-electron chi connectivity index (χ3n) is 3.44. The van der Waals surface area contributed by atoms with E-state index in [0.29, 0.717) is 0 Å². The molecule has 2 fully saturated rings. The second-order valence-electron chi connectivity index (χ2n) is 4.28. The third-order valence-corrected chi connectivity index (χ3v) is 5.10. The van der Waals surface area contributed by atoms with Crippen LogP contribution in [0.3, 0.4) is 0 Å². The molecule has 2 bridgehead atoms. The summed E-state index contributed by atoms with van der Waals surface area (Å²) in [6.07, 6.45) is -11.1. The topological polar surface area (TPSA) is 12.0 Å². The van der Waals surface area contributed by atoms with Crippen LogP contribution in [0.5, 0.6) is 0 Å². The molecular formula is C8H7BrClF6N. The van der Waals surface area contributed by atoms with Crippen LogP contribution in [0.25, 0.3) is 0 Å². The molecule has 17 heavy (non-hydrogen) atoms. The van der Waals surface area contributed by atoms with Gasteiger partial charge in [-0.1, -0.05) is 15.9 Å². The third kappa shape index (κ3) is 1.63. The van der Waals surface area contributed by atoms with E-state index in [0.717, 1.165) is 0 Å². The second kappa shape index (κ2) is 3.66. The number of halogens is 8. The van der Waals surface area contributed by atoms with Gasteiger partial charge in [0, 0.05) is 16.8 Å². The minimum absolute atomic E-state index is 0.311. The van der Waals surface area contributed by atoms with E-state index < -0.39 is 40.1 Å². The smallest absolute Gasteiger partial charge is 0.290 e. The molecule has 0 radical (unpaired) electrons. The first-order valence-corrected chi connectivity index (χ1v) is 6.07. The highest BCUT2D eigenvalue weighted by Gasteiger charge is 2.81. The van der Waals surface area contributed by atoms with Gasteiger partial charge in [0.25, 0.3) is 0 Å². The van der Waals surface area contributed by atoms with Gasteiger partial charge in [-0.3, -0.25) is 5.32 Å². The molecule has 1 nitrogen and oxygen atoms in total. The minimum atomic E-state index is -5.40. The number of piperidine rings is 1. The Bertz CT molecular complexity index is 315. The molecule has 1 saturated carbocycles. The zero-order valence-electron chi connectivity index (χ0n) is 8.04. The molecule has 1 aliphatic heterocycles. The predicted molar refractivity (Wildman–Crippen MR) is 52.2 cm³/mol. The van der Waals surface area contributed by atoms with Crippen molar-refractivity contribution in [2.24, 2.45) is 5.92 Å². The Balaban J connectivity index is 2.48. The molecular weight excluding hydrogens is 339 g/mol. The monoisotopic (exact) mass is 345 g/mol. The standard InChI is InChI=1S/C8H7BrClF6N/c9-4-2-1-3(10)5(4)17-6(2,7(11,12)13)8(14,15)16/h2-5,17H,1H2/t2-,3-,4+,5-/m1/s1. The molecule has 100 valence electrons. The molecule has 0 aromatic heterocycles. The van der Waals surface area contributed by atoms with Gasteiger partial charge in [-0.2, -0.15) is 26.3 Å². The van der Waals surface area contributed by atoms with Gasteiger partial charge in [0.2, 0.25) is 5.54 Å². The molecule has 2 rings (SSSR count). The zero-order chi connectivity index (χ0) is 13.2. The van der Waals surface area contributed by atoms with Crippen molar-refractivity contribution >= 4 is 27.5 Å². The Kier molecular flexibility index (Phi) is 2.96. The number of alkyl halides is 8. The van der Waals surface area contributed by atoms with E-state index in [1.54, 1.807) is 5.32 Å². The van der Waals surface area contributed by atoms with Crippen LogP contribution in [0.1, 0.15) is 6.42 Å². The van der Waals surface area contributed by atoms with E-state index in [-0.39, 0.29) is 6.42 Å². The van der Waals surface area contributed by atoms with Crippen LogP contribution in [0.2, 0.25) is 0 Å². The van der Waals surface area contributed by atoms with Gasteiger partial charge >= 0.3 is 12.4 Å². The minimum Gasteiger partial charge on any atom is -0.290 e. The average Bonchev–Trinajstić information content (AvgIpc) is 2.53. The largest absolute Gasteiger partial charge is 0.415 e. The summed E-state index contributed by atoms with van der Waals surface area (Å²) in [7, 11) is 0. The summed E-state index contributed by atoms with van der Waals surface area (Å²) < 4.78 is 76.9. The number of hydrogen-bond acceptors (Lipinski definition) is 1. The van der Waals surface area contributed by atoms with Crippen LogP contribution in [-0.4, -0.2) is 34.1 Å². The fourth-order valence-corrected chi connectivity index (χ4v) is 4.37. The normalized spacial score (nSPS) is 40.9. The fourth-order valence-electron chi connectivity index (χ4n) is 2.67. The van der Waals surface area contributed by atoms with Gasteiger partial charge in [-0.15, -0.1) is 11.6 Å². The molecule has 1 heterocycles. The predicted octanol–water partition coefficient (Wildman–Crippen LogP) is 3.21. The lowest BCUT2D eigenvalue weighted by Gasteiger charge is -2.41. The maximum atomic E-state index is 12.8. The first kappa shape index (κ1) is 13.7. The number of fused-ring (bicyclic) bond motifs is 2. The SMILES string of the molecule is FC(F)(F)C1(C(F)(F)F)N[C@H]2[C@@H](Br)[C@H]1C[C@H]2Cl. The fraction of sp³-hybridized carbons (Fsp3) is 1.00. The average molecular weight is 346 g/mol. The Morgan fingerprint density at radius 2 is 1.59 bits per heavy atom. The van der Waals surface area contributed by atoms with E-state index in [9.17, 15) is 26.3 Å². The van der Waals surface area contributed by atoms with Gasteiger partial charge in [-0.25, -0.2) is 0 Å². The molecule has 0 aromatic carbocycles. The maximum Gasteiger partial charge on any atom is 0.415 e. The van der Waals surface area contributed by atoms with Crippen molar-refractivity contribution in [1.82, 2.24) is 5.32 Å². The van der Waals surface area contributed by atoms with Crippen LogP contribution in [0, 0.1) is 5.92 Å². The van der Waals surface area contributed by atoms with E-state index >= 15 is 0 Å². The zero-order valence-corrected chi connectivity index (χ0v) is 10.4. The Morgan fingerprint density at radius 1 is 1.12 bits per heavy atom. The van der Waals surface area contributed by atoms with Crippen LogP contribution in [0.15, 0.2) is 0 Å². The van der Waals surface area contributed by atoms with Crippen LogP contribution in [-0.2, 0) is 0 Å². The molecule has 1 aliphatic carbocycles. The summed E-state index contributed by atoms with van der Waals surface area (Å²) >= 11 is 8.59. The second-order valence-corrected chi connectivity index (χ2v) is 5.89. The molecule has 0 spiro atoms. The lowest BCUT2D eigenvalue weighted by Crippen LogP contribution is -2.70. The van der Waals surface area contributed by atoms with Crippen LogP contribution in [0.4, 0.5) is 26.3 Å².